The molecule has 1 fully saturated rings. The van der Waals surface area contributed by atoms with Crippen molar-refractivity contribution in [3.05, 3.63) is 53.1 Å². The number of fused-ring (bicyclic) bond motifs is 1. The number of hydrogen-bond acceptors (Lipinski definition) is 4. The summed E-state index contributed by atoms with van der Waals surface area (Å²) in [5.74, 6) is 2.17. The van der Waals surface area contributed by atoms with Crippen molar-refractivity contribution in [3.8, 4) is 11.5 Å². The van der Waals surface area contributed by atoms with Crippen molar-refractivity contribution >= 4 is 17.4 Å². The number of ether oxygens (including phenoxy) is 2. The Morgan fingerprint density at radius 2 is 1.82 bits per heavy atom. The van der Waals surface area contributed by atoms with Crippen molar-refractivity contribution in [1.82, 2.24) is 0 Å². The van der Waals surface area contributed by atoms with Gasteiger partial charge in [0.15, 0.2) is 17.3 Å². The number of rotatable bonds is 6. The Labute approximate surface area is 165 Å². The number of benzene rings is 2. The first-order valence-electron chi connectivity index (χ1n) is 9.82. The molecule has 28 heavy (non-hydrogen) atoms. The fourth-order valence-electron chi connectivity index (χ4n) is 3.72. The predicted octanol–water partition coefficient (Wildman–Crippen LogP) is 4.49. The fourth-order valence-corrected chi connectivity index (χ4v) is 3.72. The molecule has 5 heteroatoms. The van der Waals surface area contributed by atoms with Crippen LogP contribution in [0.5, 0.6) is 11.5 Å². The minimum absolute atomic E-state index is 0.0114. The number of aryl methyl sites for hydroxylation is 1. The maximum Gasteiger partial charge on any atom is 0.225 e. The molecule has 1 atom stereocenters. The van der Waals surface area contributed by atoms with Gasteiger partial charge in [-0.25, -0.2) is 0 Å². The molecule has 2 aliphatic rings. The van der Waals surface area contributed by atoms with E-state index in [1.165, 1.54) is 6.92 Å². The van der Waals surface area contributed by atoms with Crippen LogP contribution in [0.15, 0.2) is 36.4 Å². The maximum atomic E-state index is 12.8. The van der Waals surface area contributed by atoms with Crippen molar-refractivity contribution < 1.29 is 19.1 Å². The number of hydrogen-bond donors (Lipinski definition) is 1. The molecule has 1 unspecified atom stereocenters. The van der Waals surface area contributed by atoms with Gasteiger partial charge in [-0.15, -0.1) is 0 Å². The normalized spacial score (nSPS) is 16.4. The largest absolute Gasteiger partial charge is 0.486 e. The Kier molecular flexibility index (Phi) is 5.07. The van der Waals surface area contributed by atoms with Crippen molar-refractivity contribution in [2.75, 3.05) is 18.5 Å². The van der Waals surface area contributed by atoms with E-state index in [1.54, 1.807) is 12.1 Å². The quantitative estimate of drug-likeness (QED) is 0.751. The predicted molar refractivity (Wildman–Crippen MR) is 107 cm³/mol. The number of ketones is 1. The molecule has 2 aromatic rings. The van der Waals surface area contributed by atoms with E-state index in [9.17, 15) is 9.59 Å². The van der Waals surface area contributed by atoms with Gasteiger partial charge in [-0.3, -0.25) is 9.59 Å². The molecule has 0 aromatic heterocycles. The van der Waals surface area contributed by atoms with E-state index in [0.717, 1.165) is 35.5 Å². The van der Waals surface area contributed by atoms with Crippen LogP contribution in [0.2, 0.25) is 0 Å². The monoisotopic (exact) mass is 379 g/mol. The summed E-state index contributed by atoms with van der Waals surface area (Å²) in [7, 11) is 0. The molecule has 5 nitrogen and oxygen atoms in total. The van der Waals surface area contributed by atoms with Crippen LogP contribution < -0.4 is 14.8 Å². The highest BCUT2D eigenvalue weighted by Crippen LogP contribution is 2.46. The molecule has 0 bridgehead atoms. The molecule has 1 N–H and O–H groups in total. The van der Waals surface area contributed by atoms with Gasteiger partial charge in [-0.2, -0.15) is 0 Å². The SMILES string of the molecule is CC(=O)c1ccc(C)c(NC(=O)CC(c2ccc3c(c2)OCCO3)C2CC2)c1. The van der Waals surface area contributed by atoms with Gasteiger partial charge in [0.05, 0.1) is 0 Å². The Morgan fingerprint density at radius 1 is 1.07 bits per heavy atom. The molecular formula is C23H25NO4. The molecule has 2 aromatic carbocycles. The lowest BCUT2D eigenvalue weighted by molar-refractivity contribution is -0.116. The third-order valence-electron chi connectivity index (χ3n) is 5.51. The molecule has 146 valence electrons. The summed E-state index contributed by atoms with van der Waals surface area (Å²) < 4.78 is 11.3. The summed E-state index contributed by atoms with van der Waals surface area (Å²) in [4.78, 5) is 24.4. The molecule has 1 amide bonds. The molecule has 1 aliphatic heterocycles. The van der Waals surface area contributed by atoms with Crippen LogP contribution >= 0.6 is 0 Å². The Bertz CT molecular complexity index is 917. The van der Waals surface area contributed by atoms with Crippen LogP contribution in [0.1, 0.15) is 53.6 Å². The molecule has 1 heterocycles. The van der Waals surface area contributed by atoms with Gasteiger partial charge in [-0.05, 0) is 67.9 Å². The summed E-state index contributed by atoms with van der Waals surface area (Å²) in [5.41, 5.74) is 3.37. The zero-order valence-electron chi connectivity index (χ0n) is 16.3. The summed E-state index contributed by atoms with van der Waals surface area (Å²) in [6, 6.07) is 11.4. The van der Waals surface area contributed by atoms with Gasteiger partial charge < -0.3 is 14.8 Å². The lowest BCUT2D eigenvalue weighted by atomic mass is 9.90. The summed E-state index contributed by atoms with van der Waals surface area (Å²) in [6.07, 6.45) is 2.70. The van der Waals surface area contributed by atoms with E-state index in [4.69, 9.17) is 9.47 Å². The molecule has 4 rings (SSSR count). The highest BCUT2D eigenvalue weighted by Gasteiger charge is 2.34. The average molecular weight is 379 g/mol. The number of Topliss-reactive ketones (excluding diaryl/α,β-unsaturated/α-hetero) is 1. The second-order valence-electron chi connectivity index (χ2n) is 7.69. The number of carbonyl (C=O) groups is 2. The van der Waals surface area contributed by atoms with Crippen LogP contribution in [-0.2, 0) is 4.79 Å². The zero-order chi connectivity index (χ0) is 19.7. The van der Waals surface area contributed by atoms with Gasteiger partial charge in [-0.1, -0.05) is 18.2 Å². The van der Waals surface area contributed by atoms with Crippen molar-refractivity contribution in [2.45, 2.75) is 39.0 Å². The maximum absolute atomic E-state index is 12.8. The third kappa shape index (κ3) is 4.03. The van der Waals surface area contributed by atoms with Gasteiger partial charge in [0.2, 0.25) is 5.91 Å². The Balaban J connectivity index is 1.51. The number of carbonyl (C=O) groups excluding carboxylic acids is 2. The van der Waals surface area contributed by atoms with E-state index >= 15 is 0 Å². The summed E-state index contributed by atoms with van der Waals surface area (Å²) in [6.45, 7) is 4.58. The number of anilines is 1. The Hall–Kier alpha value is -2.82. The second-order valence-corrected chi connectivity index (χ2v) is 7.69. The smallest absolute Gasteiger partial charge is 0.225 e. The minimum atomic E-state index is -0.0319. The molecular weight excluding hydrogens is 354 g/mol. The topological polar surface area (TPSA) is 64.6 Å². The summed E-state index contributed by atoms with van der Waals surface area (Å²) >= 11 is 0. The minimum Gasteiger partial charge on any atom is -0.486 e. The van der Waals surface area contributed by atoms with Crippen LogP contribution in [0, 0.1) is 12.8 Å². The standard InChI is InChI=1S/C23H25NO4/c1-14-3-4-17(15(2)25)11-20(14)24-23(26)13-19(16-5-6-16)18-7-8-21-22(12-18)28-10-9-27-21/h3-4,7-8,11-12,16,19H,5-6,9-10,13H2,1-2H3,(H,24,26). The highest BCUT2D eigenvalue weighted by molar-refractivity contribution is 5.97. The van der Waals surface area contributed by atoms with E-state index in [1.807, 2.05) is 31.2 Å². The second kappa shape index (κ2) is 7.66. The van der Waals surface area contributed by atoms with Crippen LogP contribution in [-0.4, -0.2) is 24.9 Å². The van der Waals surface area contributed by atoms with Crippen LogP contribution in [0.3, 0.4) is 0 Å². The first-order valence-corrected chi connectivity index (χ1v) is 9.82. The number of amides is 1. The van der Waals surface area contributed by atoms with Crippen molar-refractivity contribution in [3.63, 3.8) is 0 Å². The van der Waals surface area contributed by atoms with E-state index < -0.39 is 0 Å². The highest BCUT2D eigenvalue weighted by atomic mass is 16.6. The van der Waals surface area contributed by atoms with Crippen molar-refractivity contribution in [2.24, 2.45) is 5.92 Å². The van der Waals surface area contributed by atoms with Gasteiger partial charge in [0, 0.05) is 17.7 Å². The van der Waals surface area contributed by atoms with Crippen LogP contribution in [0.25, 0.3) is 0 Å². The average Bonchev–Trinajstić information content (AvgIpc) is 3.52. The lowest BCUT2D eigenvalue weighted by Crippen LogP contribution is -2.19. The van der Waals surface area contributed by atoms with Crippen LogP contribution in [0.4, 0.5) is 5.69 Å². The molecule has 0 radical (unpaired) electrons. The molecule has 1 aliphatic carbocycles. The molecule has 1 saturated carbocycles. The lowest BCUT2D eigenvalue weighted by Gasteiger charge is -2.22. The first kappa shape index (κ1) is 18.5. The Morgan fingerprint density at radius 3 is 2.54 bits per heavy atom. The van der Waals surface area contributed by atoms with Gasteiger partial charge in [0.25, 0.3) is 0 Å². The van der Waals surface area contributed by atoms with Gasteiger partial charge in [0.1, 0.15) is 13.2 Å². The van der Waals surface area contributed by atoms with E-state index in [2.05, 4.69) is 5.32 Å². The summed E-state index contributed by atoms with van der Waals surface area (Å²) in [5, 5.41) is 3.00. The van der Waals surface area contributed by atoms with E-state index in [0.29, 0.717) is 36.8 Å². The molecule has 0 spiro atoms. The fraction of sp³-hybridized carbons (Fsp3) is 0.391. The first-order chi connectivity index (χ1) is 13.5. The van der Waals surface area contributed by atoms with Crippen molar-refractivity contribution in [1.29, 1.82) is 0 Å². The van der Waals surface area contributed by atoms with Gasteiger partial charge >= 0.3 is 0 Å². The third-order valence-corrected chi connectivity index (χ3v) is 5.51. The number of nitrogens with one attached hydrogen (secondary N) is 1. The zero-order valence-corrected chi connectivity index (χ0v) is 16.3. The molecule has 0 saturated heterocycles. The van der Waals surface area contributed by atoms with E-state index in [-0.39, 0.29) is 17.6 Å².